The molecule has 3 fully saturated rings. The van der Waals surface area contributed by atoms with Crippen LogP contribution in [0.2, 0.25) is 0 Å². The first kappa shape index (κ1) is 31.4. The largest absolute Gasteiger partial charge is 0.497 e. The molecular formula is C35H52N2O4. The van der Waals surface area contributed by atoms with Gasteiger partial charge in [-0.3, -0.25) is 4.79 Å². The van der Waals surface area contributed by atoms with Crippen LogP contribution in [0.3, 0.4) is 0 Å². The zero-order valence-corrected chi connectivity index (χ0v) is 25.8. The highest BCUT2D eigenvalue weighted by Crippen LogP contribution is 2.37. The summed E-state index contributed by atoms with van der Waals surface area (Å²) in [6, 6.07) is 8.61. The van der Waals surface area contributed by atoms with Crippen LogP contribution in [0.15, 0.2) is 59.9 Å². The van der Waals surface area contributed by atoms with Crippen LogP contribution >= 0.6 is 0 Å². The highest BCUT2D eigenvalue weighted by molar-refractivity contribution is 5.95. The van der Waals surface area contributed by atoms with Crippen LogP contribution in [0.25, 0.3) is 0 Å². The predicted molar refractivity (Wildman–Crippen MR) is 168 cm³/mol. The Kier molecular flexibility index (Phi) is 11.5. The van der Waals surface area contributed by atoms with Crippen LogP contribution < -0.4 is 9.80 Å². The molecule has 6 nitrogen and oxygen atoms in total. The molecule has 1 heterocycles. The van der Waals surface area contributed by atoms with Crippen molar-refractivity contribution in [2.45, 2.75) is 77.7 Å². The molecule has 41 heavy (non-hydrogen) atoms. The molecule has 1 aromatic rings. The maximum atomic E-state index is 14.0. The van der Waals surface area contributed by atoms with Gasteiger partial charge in [-0.15, -0.1) is 0 Å². The smallest absolute Gasteiger partial charge is 0.230 e. The van der Waals surface area contributed by atoms with E-state index in [2.05, 4.69) is 60.6 Å². The number of methoxy groups -OCH3 is 2. The number of allylic oxidation sites excluding steroid dienone is 4. The number of ether oxygens (including phenoxy) is 2. The maximum Gasteiger partial charge on any atom is 0.230 e. The van der Waals surface area contributed by atoms with Gasteiger partial charge in [0.15, 0.2) is 0 Å². The molecule has 1 amide bonds. The molecule has 1 aromatic carbocycles. The van der Waals surface area contributed by atoms with E-state index in [0.717, 1.165) is 107 Å². The van der Waals surface area contributed by atoms with E-state index in [0.29, 0.717) is 17.8 Å². The normalized spacial score (nSPS) is 26.7. The summed E-state index contributed by atoms with van der Waals surface area (Å²) in [5, 5.41) is 10.1. The van der Waals surface area contributed by atoms with E-state index in [9.17, 15) is 9.90 Å². The Morgan fingerprint density at radius 3 is 2.37 bits per heavy atom. The van der Waals surface area contributed by atoms with E-state index in [1.165, 1.54) is 5.69 Å². The summed E-state index contributed by atoms with van der Waals surface area (Å²) in [6.07, 6.45) is 12.4. The average molecular weight is 565 g/mol. The first-order chi connectivity index (χ1) is 19.8. The van der Waals surface area contributed by atoms with Gasteiger partial charge in [0.05, 0.1) is 19.8 Å². The topological polar surface area (TPSA) is 62.2 Å². The number of carbonyl (C=O) groups excluding carboxylic acids is 1. The van der Waals surface area contributed by atoms with Crippen molar-refractivity contribution in [1.29, 1.82) is 0 Å². The molecule has 226 valence electrons. The van der Waals surface area contributed by atoms with Crippen molar-refractivity contribution in [3.8, 4) is 0 Å². The summed E-state index contributed by atoms with van der Waals surface area (Å²) in [5.41, 5.74) is 4.52. The van der Waals surface area contributed by atoms with E-state index in [4.69, 9.17) is 9.47 Å². The van der Waals surface area contributed by atoms with Gasteiger partial charge in [-0.2, -0.15) is 0 Å². The van der Waals surface area contributed by atoms with E-state index in [1.54, 1.807) is 14.2 Å². The Hall–Kier alpha value is -2.57. The van der Waals surface area contributed by atoms with Gasteiger partial charge < -0.3 is 24.4 Å². The van der Waals surface area contributed by atoms with Crippen molar-refractivity contribution in [2.75, 3.05) is 50.3 Å². The zero-order valence-electron chi connectivity index (χ0n) is 25.8. The monoisotopic (exact) mass is 564 g/mol. The third kappa shape index (κ3) is 8.48. The van der Waals surface area contributed by atoms with Gasteiger partial charge in [0.1, 0.15) is 5.76 Å². The lowest BCUT2D eigenvalue weighted by atomic mass is 9.78. The molecule has 1 atom stereocenters. The van der Waals surface area contributed by atoms with Crippen molar-refractivity contribution in [1.82, 2.24) is 0 Å². The van der Waals surface area contributed by atoms with Crippen molar-refractivity contribution < 1.29 is 19.4 Å². The van der Waals surface area contributed by atoms with E-state index < -0.39 is 0 Å². The van der Waals surface area contributed by atoms with Gasteiger partial charge >= 0.3 is 0 Å². The molecule has 2 saturated carbocycles. The van der Waals surface area contributed by atoms with Crippen molar-refractivity contribution in [2.24, 2.45) is 23.7 Å². The lowest BCUT2D eigenvalue weighted by Gasteiger charge is -2.36. The highest BCUT2D eigenvalue weighted by Gasteiger charge is 2.33. The molecule has 2 aliphatic carbocycles. The van der Waals surface area contributed by atoms with E-state index in [-0.39, 0.29) is 17.9 Å². The Labute approximate surface area is 248 Å². The Morgan fingerprint density at radius 1 is 1.00 bits per heavy atom. The molecule has 6 heteroatoms. The van der Waals surface area contributed by atoms with E-state index in [1.807, 2.05) is 6.08 Å². The fourth-order valence-electron chi connectivity index (χ4n) is 6.89. The minimum Gasteiger partial charge on any atom is -0.497 e. The molecule has 1 N–H and O–H groups in total. The predicted octanol–water partition coefficient (Wildman–Crippen LogP) is 6.90. The van der Waals surface area contributed by atoms with Gasteiger partial charge in [-0.05, 0) is 113 Å². The van der Waals surface area contributed by atoms with Crippen LogP contribution in [0.5, 0.6) is 0 Å². The number of hydrogen-bond acceptors (Lipinski definition) is 5. The highest BCUT2D eigenvalue weighted by atomic mass is 16.5. The van der Waals surface area contributed by atoms with Gasteiger partial charge in [0.2, 0.25) is 5.91 Å². The first-order valence-corrected chi connectivity index (χ1v) is 15.7. The lowest BCUT2D eigenvalue weighted by Crippen LogP contribution is -2.42. The van der Waals surface area contributed by atoms with Crippen LogP contribution in [-0.2, 0) is 14.3 Å². The summed E-state index contributed by atoms with van der Waals surface area (Å²) in [4.78, 5) is 18.6. The van der Waals surface area contributed by atoms with Crippen LogP contribution in [0.1, 0.15) is 71.6 Å². The van der Waals surface area contributed by atoms with Crippen molar-refractivity contribution in [3.63, 3.8) is 0 Å². The molecule has 1 saturated heterocycles. The number of anilines is 2. The second kappa shape index (κ2) is 15.1. The third-order valence-corrected chi connectivity index (χ3v) is 9.48. The summed E-state index contributed by atoms with van der Waals surface area (Å²) in [5.74, 6) is 2.62. The molecule has 0 spiro atoms. The van der Waals surface area contributed by atoms with Crippen LogP contribution in [0.4, 0.5) is 11.4 Å². The van der Waals surface area contributed by atoms with Crippen molar-refractivity contribution >= 4 is 17.3 Å². The van der Waals surface area contributed by atoms with Crippen LogP contribution in [0, 0.1) is 23.7 Å². The second-order valence-corrected chi connectivity index (χ2v) is 12.7. The average Bonchev–Trinajstić information content (AvgIpc) is 3.45. The van der Waals surface area contributed by atoms with Crippen LogP contribution in [-0.4, -0.2) is 57.6 Å². The molecule has 3 aliphatic rings. The van der Waals surface area contributed by atoms with Crippen molar-refractivity contribution in [3.05, 3.63) is 59.9 Å². The molecule has 0 radical (unpaired) electrons. The number of benzene rings is 1. The standard InChI is InChI=1S/C35H52N2O4/c1-25(2)34(41-5)18-9-26(3)29-12-10-27(11-13-29)23-37(35(39)30-14-16-33(38)17-15-30)32-8-6-7-31(21-32)36-20-19-28(22-36)24-40-4/h6-9,18,21,27-30,33,38H,3,10-17,19-20,22-24H2,1-2,4-5H3/b18-9-/t27-,28?,29-,30-,33-. The first-order valence-electron chi connectivity index (χ1n) is 15.7. The Morgan fingerprint density at radius 2 is 1.71 bits per heavy atom. The molecule has 1 aliphatic heterocycles. The third-order valence-electron chi connectivity index (χ3n) is 9.48. The SMILES string of the molecule is C=C(/C=C\C(OC)=C(C)C)[C@H]1CC[C@H](CN(c2cccc(N3CCC(COC)C3)c2)C(=O)[C@H]2CC[C@H](O)CC2)CC1. The minimum atomic E-state index is -0.264. The number of nitrogens with zero attached hydrogens (tertiary/aromatic N) is 2. The van der Waals surface area contributed by atoms with Gasteiger partial charge in [0.25, 0.3) is 0 Å². The van der Waals surface area contributed by atoms with E-state index >= 15 is 0 Å². The quantitative estimate of drug-likeness (QED) is 0.234. The summed E-state index contributed by atoms with van der Waals surface area (Å²) in [7, 11) is 3.49. The number of amides is 1. The molecule has 0 bridgehead atoms. The summed E-state index contributed by atoms with van der Waals surface area (Å²) >= 11 is 0. The molecule has 1 unspecified atom stereocenters. The number of hydrogen-bond donors (Lipinski definition) is 1. The molecular weight excluding hydrogens is 512 g/mol. The summed E-state index contributed by atoms with van der Waals surface area (Å²) < 4.78 is 10.9. The fourth-order valence-corrected chi connectivity index (χ4v) is 6.89. The fraction of sp³-hybridized carbons (Fsp3) is 0.629. The maximum absolute atomic E-state index is 14.0. The number of aliphatic hydroxyl groups is 1. The summed E-state index contributed by atoms with van der Waals surface area (Å²) in [6.45, 7) is 12.1. The van der Waals surface area contributed by atoms with Gasteiger partial charge in [-0.25, -0.2) is 0 Å². The Balaban J connectivity index is 1.45. The second-order valence-electron chi connectivity index (χ2n) is 12.7. The molecule has 4 rings (SSSR count). The number of aliphatic hydroxyl groups excluding tert-OH is 1. The van der Waals surface area contributed by atoms with Gasteiger partial charge in [-0.1, -0.05) is 24.3 Å². The zero-order chi connectivity index (χ0) is 29.4. The minimum absolute atomic E-state index is 0.00811. The van der Waals surface area contributed by atoms with Gasteiger partial charge in [0, 0.05) is 50.0 Å². The lowest BCUT2D eigenvalue weighted by molar-refractivity contribution is -0.124. The number of rotatable bonds is 11. The number of carbonyl (C=O) groups is 1. The molecule has 0 aromatic heterocycles. The Bertz CT molecular complexity index is 1080.